The third kappa shape index (κ3) is 8.33. The van der Waals surface area contributed by atoms with Crippen LogP contribution in [0.2, 0.25) is 10.0 Å². The number of benzene rings is 2. The average Bonchev–Trinajstić information content (AvgIpc) is 2.80. The molecule has 0 spiro atoms. The van der Waals surface area contributed by atoms with E-state index in [2.05, 4.69) is 21.2 Å². The van der Waals surface area contributed by atoms with Crippen LogP contribution in [0.3, 0.4) is 0 Å². The first-order chi connectivity index (χ1) is 16.1. The molecule has 1 atom stereocenters. The number of anilines is 1. The van der Waals surface area contributed by atoms with Gasteiger partial charge in [-0.1, -0.05) is 30.1 Å². The van der Waals surface area contributed by atoms with Crippen molar-refractivity contribution in [3.63, 3.8) is 0 Å². The number of rotatable bonds is 9. The topological polar surface area (TPSA) is 118 Å². The zero-order valence-electron chi connectivity index (χ0n) is 18.6. The van der Waals surface area contributed by atoms with Crippen LogP contribution in [0.5, 0.6) is 11.5 Å². The van der Waals surface area contributed by atoms with Crippen molar-refractivity contribution in [3.8, 4) is 11.5 Å². The zero-order chi connectivity index (χ0) is 25.3. The number of nitrogens with zero attached hydrogens (tertiary/aromatic N) is 1. The number of hydrogen-bond acceptors (Lipinski definition) is 6. The first-order valence-corrected chi connectivity index (χ1v) is 11.9. The number of methoxy groups -OCH3 is 1. The van der Waals surface area contributed by atoms with Crippen LogP contribution in [-0.2, 0) is 14.4 Å². The lowest BCUT2D eigenvalue weighted by Crippen LogP contribution is -2.41. The quantitative estimate of drug-likeness (QED) is 0.170. The normalized spacial score (nSPS) is 11.6. The molecular weight excluding hydrogens is 598 g/mol. The van der Waals surface area contributed by atoms with Gasteiger partial charge in [-0.05, 0) is 71.8 Å². The number of hydrazone groups is 1. The van der Waals surface area contributed by atoms with E-state index < -0.39 is 17.7 Å². The summed E-state index contributed by atoms with van der Waals surface area (Å²) in [6.45, 7) is 3.41. The summed E-state index contributed by atoms with van der Waals surface area (Å²) in [7, 11) is 1.45. The predicted molar refractivity (Wildman–Crippen MR) is 140 cm³/mol. The number of nitrogens with one attached hydrogen (secondary N) is 3. The van der Waals surface area contributed by atoms with Gasteiger partial charge in [0.05, 0.1) is 26.9 Å². The number of carbonyl (C=O) groups excluding carboxylic acids is 3. The monoisotopic (exact) mass is 620 g/mol. The summed E-state index contributed by atoms with van der Waals surface area (Å²) in [6.07, 6.45) is 2.06. The summed E-state index contributed by atoms with van der Waals surface area (Å²) in [6, 6.07) is 7.94. The van der Waals surface area contributed by atoms with E-state index in [1.165, 1.54) is 19.4 Å². The van der Waals surface area contributed by atoms with E-state index in [1.807, 2.05) is 29.5 Å². The third-order valence-electron chi connectivity index (χ3n) is 4.38. The van der Waals surface area contributed by atoms with Crippen LogP contribution < -0.4 is 25.5 Å². The molecule has 0 unspecified atom stereocenters. The van der Waals surface area contributed by atoms with Crippen LogP contribution in [0.1, 0.15) is 25.8 Å². The highest BCUT2D eigenvalue weighted by Gasteiger charge is 2.16. The molecule has 0 radical (unpaired) electrons. The minimum Gasteiger partial charge on any atom is -0.493 e. The molecule has 34 heavy (non-hydrogen) atoms. The molecule has 0 fully saturated rings. The second-order valence-electron chi connectivity index (χ2n) is 6.98. The standard InChI is InChI=1S/C22H23Cl2IN4O5/c1-4-12(2)27-21(31)22(32)29-26-10-13-7-17(25)20(18(8-13)33-3)34-11-19(30)28-14-5-6-15(23)16(24)9-14/h5-10,12H,4,11H2,1-3H3,(H,27,31)(H,28,30)(H,29,32)/b26-10-/t12-/m1/s1. The Labute approximate surface area is 220 Å². The van der Waals surface area contributed by atoms with Gasteiger partial charge in [0.15, 0.2) is 18.1 Å². The molecule has 0 aromatic heterocycles. The van der Waals surface area contributed by atoms with E-state index in [0.29, 0.717) is 42.8 Å². The minimum absolute atomic E-state index is 0.119. The fourth-order valence-corrected chi connectivity index (χ4v) is 3.55. The Morgan fingerprint density at radius 1 is 1.15 bits per heavy atom. The van der Waals surface area contributed by atoms with Crippen LogP contribution in [0.15, 0.2) is 35.4 Å². The summed E-state index contributed by atoms with van der Waals surface area (Å²) >= 11 is 13.9. The molecule has 0 bridgehead atoms. The van der Waals surface area contributed by atoms with Crippen molar-refractivity contribution < 1.29 is 23.9 Å². The minimum atomic E-state index is -0.869. The van der Waals surface area contributed by atoms with Gasteiger partial charge in [0.25, 0.3) is 5.91 Å². The molecule has 0 aliphatic heterocycles. The molecule has 9 nitrogen and oxygen atoms in total. The van der Waals surface area contributed by atoms with E-state index in [-0.39, 0.29) is 12.6 Å². The highest BCUT2D eigenvalue weighted by Crippen LogP contribution is 2.33. The lowest BCUT2D eigenvalue weighted by molar-refractivity contribution is -0.139. The van der Waals surface area contributed by atoms with Gasteiger partial charge in [-0.3, -0.25) is 14.4 Å². The molecule has 0 saturated heterocycles. The smallest absolute Gasteiger partial charge is 0.329 e. The van der Waals surface area contributed by atoms with Crippen molar-refractivity contribution in [1.82, 2.24) is 10.7 Å². The number of ether oxygens (including phenoxy) is 2. The Morgan fingerprint density at radius 3 is 2.53 bits per heavy atom. The van der Waals surface area contributed by atoms with Crippen molar-refractivity contribution in [2.75, 3.05) is 19.0 Å². The Bertz CT molecular complexity index is 1100. The second-order valence-corrected chi connectivity index (χ2v) is 8.96. The van der Waals surface area contributed by atoms with Crippen LogP contribution in [0.25, 0.3) is 0 Å². The van der Waals surface area contributed by atoms with Crippen LogP contribution in [0.4, 0.5) is 5.69 Å². The summed E-state index contributed by atoms with van der Waals surface area (Å²) in [5.41, 5.74) is 3.24. The van der Waals surface area contributed by atoms with Crippen LogP contribution >= 0.6 is 45.8 Å². The molecule has 3 N–H and O–H groups in total. The first-order valence-electron chi connectivity index (χ1n) is 10.0. The molecule has 2 aromatic rings. The molecule has 182 valence electrons. The molecule has 2 rings (SSSR count). The third-order valence-corrected chi connectivity index (χ3v) is 5.92. The largest absolute Gasteiger partial charge is 0.493 e. The molecule has 0 saturated carbocycles. The molecule has 0 heterocycles. The Balaban J connectivity index is 2.00. The fraction of sp³-hybridized carbons (Fsp3) is 0.273. The van der Waals surface area contributed by atoms with E-state index in [1.54, 1.807) is 31.2 Å². The van der Waals surface area contributed by atoms with Crippen LogP contribution in [-0.4, -0.2) is 43.7 Å². The highest BCUT2D eigenvalue weighted by atomic mass is 127. The Morgan fingerprint density at radius 2 is 1.88 bits per heavy atom. The molecule has 3 amide bonds. The Hall–Kier alpha value is -2.57. The maximum Gasteiger partial charge on any atom is 0.329 e. The lowest BCUT2D eigenvalue weighted by atomic mass is 10.2. The van der Waals surface area contributed by atoms with Gasteiger partial charge in [0.1, 0.15) is 0 Å². The van der Waals surface area contributed by atoms with Crippen molar-refractivity contribution in [1.29, 1.82) is 0 Å². The maximum atomic E-state index is 12.3. The van der Waals surface area contributed by atoms with Gasteiger partial charge >= 0.3 is 11.8 Å². The van der Waals surface area contributed by atoms with Crippen molar-refractivity contribution >= 4 is 75.4 Å². The highest BCUT2D eigenvalue weighted by molar-refractivity contribution is 14.1. The lowest BCUT2D eigenvalue weighted by Gasteiger charge is -2.13. The zero-order valence-corrected chi connectivity index (χ0v) is 22.2. The number of hydrogen-bond donors (Lipinski definition) is 3. The molecule has 12 heteroatoms. The first kappa shape index (κ1) is 27.7. The number of halogens is 3. The fourth-order valence-electron chi connectivity index (χ4n) is 2.47. The Kier molecular flexibility index (Phi) is 10.9. The molecular formula is C22H23Cl2IN4O5. The summed E-state index contributed by atoms with van der Waals surface area (Å²) < 4.78 is 11.7. The molecule has 2 aromatic carbocycles. The summed E-state index contributed by atoms with van der Waals surface area (Å²) in [5, 5.41) is 9.73. The van der Waals surface area contributed by atoms with Crippen molar-refractivity contribution in [2.24, 2.45) is 5.10 Å². The van der Waals surface area contributed by atoms with Crippen molar-refractivity contribution in [3.05, 3.63) is 49.5 Å². The van der Waals surface area contributed by atoms with Crippen molar-refractivity contribution in [2.45, 2.75) is 26.3 Å². The van der Waals surface area contributed by atoms with Gasteiger partial charge in [0, 0.05) is 11.7 Å². The average molecular weight is 621 g/mol. The van der Waals surface area contributed by atoms with Gasteiger partial charge in [-0.15, -0.1) is 0 Å². The van der Waals surface area contributed by atoms with Crippen LogP contribution in [0, 0.1) is 3.57 Å². The van der Waals surface area contributed by atoms with E-state index in [4.69, 9.17) is 32.7 Å². The van der Waals surface area contributed by atoms with Gasteiger partial charge in [0.2, 0.25) is 0 Å². The summed E-state index contributed by atoms with van der Waals surface area (Å²) in [5.74, 6) is -1.31. The van der Waals surface area contributed by atoms with E-state index in [0.717, 1.165) is 0 Å². The maximum absolute atomic E-state index is 12.3. The predicted octanol–water partition coefficient (Wildman–Crippen LogP) is 3.99. The van der Waals surface area contributed by atoms with E-state index in [9.17, 15) is 14.4 Å². The number of amides is 3. The molecule has 0 aliphatic carbocycles. The molecule has 0 aliphatic rings. The second kappa shape index (κ2) is 13.4. The van der Waals surface area contributed by atoms with E-state index >= 15 is 0 Å². The number of carbonyl (C=O) groups is 3. The van der Waals surface area contributed by atoms with Gasteiger partial charge < -0.3 is 20.1 Å². The van der Waals surface area contributed by atoms with Gasteiger partial charge in [-0.25, -0.2) is 5.43 Å². The van der Waals surface area contributed by atoms with Gasteiger partial charge in [-0.2, -0.15) is 5.10 Å². The SMILES string of the molecule is CC[C@@H](C)NC(=O)C(=O)N/N=C\c1cc(I)c(OCC(=O)Nc2ccc(Cl)c(Cl)c2)c(OC)c1. The summed E-state index contributed by atoms with van der Waals surface area (Å²) in [4.78, 5) is 35.8.